The van der Waals surface area contributed by atoms with Gasteiger partial charge in [-0.1, -0.05) is 11.6 Å². The summed E-state index contributed by atoms with van der Waals surface area (Å²) < 4.78 is 48.7. The summed E-state index contributed by atoms with van der Waals surface area (Å²) in [6.07, 6.45) is 4.39. The van der Waals surface area contributed by atoms with Crippen LogP contribution in [0.3, 0.4) is 0 Å². The van der Waals surface area contributed by atoms with Crippen LogP contribution in [-0.4, -0.2) is 40.2 Å². The lowest BCUT2D eigenvalue weighted by atomic mass is 9.84. The third-order valence-corrected chi connectivity index (χ3v) is 6.21. The van der Waals surface area contributed by atoms with Crippen molar-refractivity contribution >= 4 is 28.0 Å². The normalized spacial score (nSPS) is 25.3. The van der Waals surface area contributed by atoms with Crippen LogP contribution in [-0.2, 0) is 15.0 Å². The van der Waals surface area contributed by atoms with E-state index in [-0.39, 0.29) is 17.5 Å². The number of hydrogen-bond acceptors (Lipinski definition) is 5. The molecule has 3 atom stereocenters. The van der Waals surface area contributed by atoms with E-state index in [9.17, 15) is 17.6 Å². The van der Waals surface area contributed by atoms with Crippen molar-refractivity contribution in [3.63, 3.8) is 0 Å². The molecule has 0 aromatic heterocycles. The van der Waals surface area contributed by atoms with Gasteiger partial charge in [-0.2, -0.15) is 13.1 Å². The molecule has 150 valence electrons. The third-order valence-electron chi connectivity index (χ3n) is 5.16. The van der Waals surface area contributed by atoms with E-state index >= 15 is 0 Å². The molecule has 2 saturated heterocycles. The molecule has 1 amide bonds. The van der Waals surface area contributed by atoms with Crippen molar-refractivity contribution < 1.29 is 31.4 Å². The molecule has 2 heterocycles. The molecule has 0 spiro atoms. The number of halogens is 2. The van der Waals surface area contributed by atoms with Gasteiger partial charge in [0.2, 0.25) is 0 Å². The summed E-state index contributed by atoms with van der Waals surface area (Å²) in [5.74, 6) is -1.30. The van der Waals surface area contributed by atoms with Gasteiger partial charge in [0.15, 0.2) is 11.6 Å². The van der Waals surface area contributed by atoms with E-state index in [1.54, 1.807) is 9.62 Å². The van der Waals surface area contributed by atoms with E-state index in [1.165, 1.54) is 18.9 Å². The van der Waals surface area contributed by atoms with Crippen molar-refractivity contribution in [3.05, 3.63) is 29.0 Å². The van der Waals surface area contributed by atoms with Crippen LogP contribution in [0.1, 0.15) is 32.1 Å². The van der Waals surface area contributed by atoms with Crippen molar-refractivity contribution in [2.75, 3.05) is 19.7 Å². The van der Waals surface area contributed by atoms with Crippen molar-refractivity contribution in [1.29, 1.82) is 0 Å². The summed E-state index contributed by atoms with van der Waals surface area (Å²) in [6.45, 7) is 2.44. The standard InChI is InChI=1S/C17H22ClFN2O5S/c18-13-6-7-16(14(19)10-13)26-27(23,24)20-17(22)25-11-12-4-3-9-21-8-2-1-5-15(12)21/h6-7,10,12,15H,1-5,8-9,11H2,(H,20,22)/p+1/t12-,15+/m1/s1. The van der Waals surface area contributed by atoms with Gasteiger partial charge in [0.05, 0.1) is 19.1 Å². The monoisotopic (exact) mass is 421 g/mol. The van der Waals surface area contributed by atoms with Crippen LogP contribution in [0.5, 0.6) is 5.75 Å². The van der Waals surface area contributed by atoms with Crippen LogP contribution < -0.4 is 13.8 Å². The molecule has 2 N–H and O–H groups in total. The molecule has 2 fully saturated rings. The van der Waals surface area contributed by atoms with Crippen molar-refractivity contribution in [3.8, 4) is 5.75 Å². The number of piperidine rings is 2. The summed E-state index contributed by atoms with van der Waals surface area (Å²) in [5, 5.41) is 0.0935. The number of hydrogen-bond donors (Lipinski definition) is 2. The average molecular weight is 422 g/mol. The first-order chi connectivity index (χ1) is 12.8. The van der Waals surface area contributed by atoms with Gasteiger partial charge in [-0.15, -0.1) is 0 Å². The minimum Gasteiger partial charge on any atom is -0.448 e. The zero-order chi connectivity index (χ0) is 19.4. The molecule has 27 heavy (non-hydrogen) atoms. The molecule has 0 saturated carbocycles. The lowest BCUT2D eigenvalue weighted by molar-refractivity contribution is -0.940. The Balaban J connectivity index is 1.52. The highest BCUT2D eigenvalue weighted by Gasteiger charge is 2.37. The van der Waals surface area contributed by atoms with E-state index in [4.69, 9.17) is 16.3 Å². The maximum atomic E-state index is 13.6. The number of benzene rings is 1. The smallest absolute Gasteiger partial charge is 0.423 e. The van der Waals surface area contributed by atoms with Crippen molar-refractivity contribution in [2.45, 2.75) is 38.1 Å². The summed E-state index contributed by atoms with van der Waals surface area (Å²) in [7, 11) is -4.56. The fourth-order valence-corrected chi connectivity index (χ4v) is 4.81. The van der Waals surface area contributed by atoms with Crippen LogP contribution in [0.4, 0.5) is 9.18 Å². The molecule has 0 aliphatic carbocycles. The first-order valence-electron chi connectivity index (χ1n) is 9.03. The van der Waals surface area contributed by atoms with E-state index in [1.807, 2.05) is 0 Å². The average Bonchev–Trinajstić information content (AvgIpc) is 2.62. The molecule has 3 rings (SSSR count). The van der Waals surface area contributed by atoms with E-state index in [0.717, 1.165) is 44.5 Å². The first-order valence-corrected chi connectivity index (χ1v) is 10.8. The maximum Gasteiger partial charge on any atom is 0.423 e. The summed E-state index contributed by atoms with van der Waals surface area (Å²) in [5.41, 5.74) is 0. The Morgan fingerprint density at radius 2 is 2.04 bits per heavy atom. The molecular weight excluding hydrogens is 399 g/mol. The molecule has 1 aromatic rings. The molecule has 2 aliphatic heterocycles. The second kappa shape index (κ2) is 8.62. The predicted molar refractivity (Wildman–Crippen MR) is 96.5 cm³/mol. The zero-order valence-corrected chi connectivity index (χ0v) is 16.3. The topological polar surface area (TPSA) is 86.1 Å². The highest BCUT2D eigenvalue weighted by atomic mass is 35.5. The van der Waals surface area contributed by atoms with E-state index in [0.29, 0.717) is 6.04 Å². The van der Waals surface area contributed by atoms with Crippen LogP contribution >= 0.6 is 11.6 Å². The van der Waals surface area contributed by atoms with Gasteiger partial charge >= 0.3 is 16.4 Å². The number of carbonyl (C=O) groups is 1. The SMILES string of the molecule is O=C(NS(=O)(=O)Oc1ccc(Cl)cc1F)OC[C@H]1CCC[NH+]2CCCC[C@@H]12. The molecule has 2 aliphatic rings. The highest BCUT2D eigenvalue weighted by Crippen LogP contribution is 2.23. The Kier molecular flexibility index (Phi) is 6.44. The largest absolute Gasteiger partial charge is 0.448 e. The van der Waals surface area contributed by atoms with Gasteiger partial charge in [0.25, 0.3) is 0 Å². The number of fused-ring (bicyclic) bond motifs is 1. The number of carbonyl (C=O) groups excluding carboxylic acids is 1. The van der Waals surface area contributed by atoms with Gasteiger partial charge < -0.3 is 13.8 Å². The highest BCUT2D eigenvalue weighted by molar-refractivity contribution is 7.85. The lowest BCUT2D eigenvalue weighted by Gasteiger charge is -2.40. The van der Waals surface area contributed by atoms with E-state index < -0.39 is 28.0 Å². The molecule has 0 bridgehead atoms. The summed E-state index contributed by atoms with van der Waals surface area (Å²) >= 11 is 5.60. The van der Waals surface area contributed by atoms with Crippen LogP contribution in [0.25, 0.3) is 0 Å². The van der Waals surface area contributed by atoms with Gasteiger partial charge in [0.1, 0.15) is 6.61 Å². The Bertz CT molecular complexity index is 790. The molecule has 10 heteroatoms. The van der Waals surface area contributed by atoms with Crippen LogP contribution in [0, 0.1) is 11.7 Å². The molecule has 7 nitrogen and oxygen atoms in total. The number of amides is 1. The Hall–Kier alpha value is -1.58. The van der Waals surface area contributed by atoms with Gasteiger partial charge in [-0.3, -0.25) is 0 Å². The second-order valence-electron chi connectivity index (χ2n) is 6.98. The fourth-order valence-electron chi connectivity index (χ4n) is 3.97. The van der Waals surface area contributed by atoms with Crippen LogP contribution in [0.2, 0.25) is 5.02 Å². The molecule has 1 unspecified atom stereocenters. The number of rotatable bonds is 5. The summed E-state index contributed by atoms with van der Waals surface area (Å²) in [4.78, 5) is 13.4. The predicted octanol–water partition coefficient (Wildman–Crippen LogP) is 1.68. The quantitative estimate of drug-likeness (QED) is 0.755. The number of nitrogens with one attached hydrogen (secondary N) is 2. The first kappa shape index (κ1) is 20.2. The minimum absolute atomic E-state index is 0.0935. The van der Waals surface area contributed by atoms with Crippen LogP contribution in [0.15, 0.2) is 18.2 Å². The van der Waals surface area contributed by atoms with Gasteiger partial charge in [0, 0.05) is 10.9 Å². The minimum atomic E-state index is -4.56. The third kappa shape index (κ3) is 5.46. The van der Waals surface area contributed by atoms with Gasteiger partial charge in [-0.05, 0) is 50.3 Å². The Morgan fingerprint density at radius 3 is 2.81 bits per heavy atom. The second-order valence-corrected chi connectivity index (χ2v) is 8.69. The zero-order valence-electron chi connectivity index (χ0n) is 14.7. The van der Waals surface area contributed by atoms with Gasteiger partial charge in [-0.25, -0.2) is 9.18 Å². The lowest BCUT2D eigenvalue weighted by Crippen LogP contribution is -3.18. The molecule has 0 radical (unpaired) electrons. The summed E-state index contributed by atoms with van der Waals surface area (Å²) in [6, 6.07) is 3.70. The maximum absolute atomic E-state index is 13.6. The Morgan fingerprint density at radius 1 is 1.26 bits per heavy atom. The Labute approximate surface area is 163 Å². The number of ether oxygens (including phenoxy) is 1. The van der Waals surface area contributed by atoms with E-state index in [2.05, 4.69) is 4.18 Å². The number of quaternary nitrogens is 1. The van der Waals surface area contributed by atoms with Crippen molar-refractivity contribution in [1.82, 2.24) is 4.72 Å². The van der Waals surface area contributed by atoms with Crippen molar-refractivity contribution in [2.24, 2.45) is 5.92 Å². The molecule has 1 aromatic carbocycles. The molecular formula is C17H23ClFN2O5S+. The fraction of sp³-hybridized carbons (Fsp3) is 0.588.